The summed E-state index contributed by atoms with van der Waals surface area (Å²) in [5, 5.41) is 13.5. The molecule has 0 unspecified atom stereocenters. The fraction of sp³-hybridized carbons (Fsp3) is 0.417. The van der Waals surface area contributed by atoms with E-state index in [2.05, 4.69) is 17.0 Å². The lowest BCUT2D eigenvalue weighted by Gasteiger charge is -2.06. The number of halogens is 1. The van der Waals surface area contributed by atoms with Gasteiger partial charge >= 0.3 is 5.97 Å². The number of carbonyl (C=O) groups is 1. The van der Waals surface area contributed by atoms with Gasteiger partial charge < -0.3 is 5.11 Å². The number of carboxylic acids is 1. The average molecular weight is 268 g/mol. The molecule has 0 aliphatic rings. The highest BCUT2D eigenvalue weighted by Crippen LogP contribution is 2.21. The predicted octanol–water partition coefficient (Wildman–Crippen LogP) is 2.27. The van der Waals surface area contributed by atoms with Crippen LogP contribution in [0.1, 0.15) is 30.3 Å². The van der Waals surface area contributed by atoms with Crippen LogP contribution in [0.4, 0.5) is 0 Å². The van der Waals surface area contributed by atoms with Crippen molar-refractivity contribution >= 4 is 23.2 Å². The summed E-state index contributed by atoms with van der Waals surface area (Å²) >= 11 is 6.20. The van der Waals surface area contributed by atoms with Crippen LogP contribution in [0.2, 0.25) is 5.15 Å². The molecule has 0 aliphatic carbocycles. The van der Waals surface area contributed by atoms with Crippen molar-refractivity contribution in [2.45, 2.75) is 33.1 Å². The second-order valence-electron chi connectivity index (χ2n) is 4.19. The zero-order chi connectivity index (χ0) is 13.3. The molecule has 0 saturated heterocycles. The number of hydrogen-bond donors (Lipinski definition) is 1. The lowest BCUT2D eigenvalue weighted by Crippen LogP contribution is -2.08. The third-order valence-electron chi connectivity index (χ3n) is 2.73. The van der Waals surface area contributed by atoms with Crippen molar-refractivity contribution in [1.82, 2.24) is 14.6 Å². The highest BCUT2D eigenvalue weighted by molar-refractivity contribution is 6.30. The quantitative estimate of drug-likeness (QED) is 0.863. The Bertz CT molecular complexity index is 607. The summed E-state index contributed by atoms with van der Waals surface area (Å²) in [6.07, 6.45) is 1.70. The molecule has 0 saturated carbocycles. The molecule has 0 bridgehead atoms. The first-order valence-corrected chi connectivity index (χ1v) is 6.16. The van der Waals surface area contributed by atoms with Crippen molar-refractivity contribution in [1.29, 1.82) is 0 Å². The summed E-state index contributed by atoms with van der Waals surface area (Å²) in [6, 6.07) is 1.88. The molecule has 0 aliphatic heterocycles. The summed E-state index contributed by atoms with van der Waals surface area (Å²) in [7, 11) is 0. The van der Waals surface area contributed by atoms with Gasteiger partial charge in [0.05, 0.1) is 12.1 Å². The van der Waals surface area contributed by atoms with Crippen molar-refractivity contribution in [3.63, 3.8) is 0 Å². The zero-order valence-corrected chi connectivity index (χ0v) is 11.0. The Labute approximate surface area is 109 Å². The van der Waals surface area contributed by atoms with Crippen LogP contribution in [0.15, 0.2) is 6.07 Å². The van der Waals surface area contributed by atoms with Crippen LogP contribution >= 0.6 is 11.6 Å². The lowest BCUT2D eigenvalue weighted by atomic mass is 10.2. The topological polar surface area (TPSA) is 67.5 Å². The van der Waals surface area contributed by atoms with Gasteiger partial charge in [-0.3, -0.25) is 4.79 Å². The molecule has 0 amide bonds. The van der Waals surface area contributed by atoms with Crippen LogP contribution < -0.4 is 0 Å². The van der Waals surface area contributed by atoms with Crippen LogP contribution in [0, 0.1) is 6.92 Å². The molecule has 18 heavy (non-hydrogen) atoms. The molecule has 5 nitrogen and oxygen atoms in total. The van der Waals surface area contributed by atoms with Gasteiger partial charge in [0.2, 0.25) is 0 Å². The van der Waals surface area contributed by atoms with Gasteiger partial charge in [-0.25, -0.2) is 9.50 Å². The number of carboxylic acid groups (broad SMARTS) is 1. The van der Waals surface area contributed by atoms with Crippen molar-refractivity contribution in [3.05, 3.63) is 28.2 Å². The SMILES string of the molecule is CCCc1cc2nc(C)c(CC(=O)O)c(Cl)n2n1. The van der Waals surface area contributed by atoms with Crippen molar-refractivity contribution in [2.75, 3.05) is 0 Å². The first-order chi connectivity index (χ1) is 8.52. The Balaban J connectivity index is 2.57. The fourth-order valence-corrected chi connectivity index (χ4v) is 2.22. The van der Waals surface area contributed by atoms with Crippen LogP contribution in [0.3, 0.4) is 0 Å². The molecular formula is C12H14ClN3O2. The second-order valence-corrected chi connectivity index (χ2v) is 4.55. The van der Waals surface area contributed by atoms with E-state index in [0.29, 0.717) is 22.1 Å². The summed E-state index contributed by atoms with van der Waals surface area (Å²) in [4.78, 5) is 15.1. The maximum Gasteiger partial charge on any atom is 0.308 e. The van der Waals surface area contributed by atoms with E-state index in [1.807, 2.05) is 6.07 Å². The van der Waals surface area contributed by atoms with Crippen LogP contribution in [-0.2, 0) is 17.6 Å². The van der Waals surface area contributed by atoms with Crippen LogP contribution in [-0.4, -0.2) is 25.7 Å². The number of aryl methyl sites for hydroxylation is 2. The first-order valence-electron chi connectivity index (χ1n) is 5.78. The van der Waals surface area contributed by atoms with E-state index in [9.17, 15) is 4.79 Å². The molecule has 2 heterocycles. The summed E-state index contributed by atoms with van der Waals surface area (Å²) < 4.78 is 1.51. The number of fused-ring (bicyclic) bond motifs is 1. The predicted molar refractivity (Wildman–Crippen MR) is 68.1 cm³/mol. The van der Waals surface area contributed by atoms with Crippen LogP contribution in [0.25, 0.3) is 5.65 Å². The molecule has 0 atom stereocenters. The van der Waals surface area contributed by atoms with E-state index < -0.39 is 5.97 Å². The normalized spacial score (nSPS) is 11.1. The largest absolute Gasteiger partial charge is 0.481 e. The summed E-state index contributed by atoms with van der Waals surface area (Å²) in [5.41, 5.74) is 2.73. The minimum atomic E-state index is -0.929. The van der Waals surface area contributed by atoms with Gasteiger partial charge in [-0.15, -0.1) is 0 Å². The standard InChI is InChI=1S/C12H14ClN3O2/c1-3-4-8-5-10-14-7(2)9(6-11(17)18)12(13)16(10)15-8/h5H,3-4,6H2,1-2H3,(H,17,18). The number of aromatic nitrogens is 3. The van der Waals surface area contributed by atoms with E-state index >= 15 is 0 Å². The number of nitrogens with zero attached hydrogens (tertiary/aromatic N) is 3. The zero-order valence-electron chi connectivity index (χ0n) is 10.3. The van der Waals surface area contributed by atoms with E-state index in [1.54, 1.807) is 6.92 Å². The van der Waals surface area contributed by atoms with E-state index in [-0.39, 0.29) is 6.42 Å². The molecule has 0 spiro atoms. The monoisotopic (exact) mass is 267 g/mol. The average Bonchev–Trinajstić information content (AvgIpc) is 2.67. The smallest absolute Gasteiger partial charge is 0.308 e. The van der Waals surface area contributed by atoms with E-state index in [0.717, 1.165) is 18.5 Å². The van der Waals surface area contributed by atoms with Gasteiger partial charge in [0.1, 0.15) is 5.15 Å². The Morgan fingerprint density at radius 2 is 2.28 bits per heavy atom. The molecule has 2 rings (SSSR count). The van der Waals surface area contributed by atoms with Gasteiger partial charge in [-0.05, 0) is 13.3 Å². The van der Waals surface area contributed by atoms with Crippen molar-refractivity contribution in [3.8, 4) is 0 Å². The third-order valence-corrected chi connectivity index (χ3v) is 3.12. The Morgan fingerprint density at radius 3 is 2.89 bits per heavy atom. The highest BCUT2D eigenvalue weighted by atomic mass is 35.5. The molecule has 0 fully saturated rings. The molecule has 0 radical (unpaired) electrons. The Kier molecular flexibility index (Phi) is 3.52. The van der Waals surface area contributed by atoms with Gasteiger partial charge in [0, 0.05) is 17.3 Å². The highest BCUT2D eigenvalue weighted by Gasteiger charge is 2.15. The Hall–Kier alpha value is -1.62. The minimum Gasteiger partial charge on any atom is -0.481 e. The van der Waals surface area contributed by atoms with Crippen molar-refractivity contribution in [2.24, 2.45) is 0 Å². The second kappa shape index (κ2) is 4.94. The van der Waals surface area contributed by atoms with E-state index in [4.69, 9.17) is 16.7 Å². The molecule has 1 N–H and O–H groups in total. The van der Waals surface area contributed by atoms with Gasteiger partial charge in [0.25, 0.3) is 0 Å². The minimum absolute atomic E-state index is 0.142. The summed E-state index contributed by atoms with van der Waals surface area (Å²) in [5.74, 6) is -0.929. The van der Waals surface area contributed by atoms with Gasteiger partial charge in [0.15, 0.2) is 5.65 Å². The van der Waals surface area contributed by atoms with Gasteiger partial charge in [-0.1, -0.05) is 24.9 Å². The van der Waals surface area contributed by atoms with E-state index in [1.165, 1.54) is 4.52 Å². The molecule has 0 aromatic carbocycles. The maximum atomic E-state index is 10.8. The number of hydrogen-bond acceptors (Lipinski definition) is 3. The maximum absolute atomic E-state index is 10.8. The summed E-state index contributed by atoms with van der Waals surface area (Å²) in [6.45, 7) is 3.83. The van der Waals surface area contributed by atoms with Crippen molar-refractivity contribution < 1.29 is 9.90 Å². The number of rotatable bonds is 4. The molecule has 2 aromatic heterocycles. The first kappa shape index (κ1) is 12.8. The lowest BCUT2D eigenvalue weighted by molar-refractivity contribution is -0.136. The number of aliphatic carboxylic acids is 1. The Morgan fingerprint density at radius 1 is 1.56 bits per heavy atom. The fourth-order valence-electron chi connectivity index (χ4n) is 1.89. The third kappa shape index (κ3) is 2.31. The molecule has 96 valence electrons. The molecule has 2 aromatic rings. The molecular weight excluding hydrogens is 254 g/mol. The molecule has 6 heteroatoms. The van der Waals surface area contributed by atoms with Crippen LogP contribution in [0.5, 0.6) is 0 Å². The van der Waals surface area contributed by atoms with Gasteiger partial charge in [-0.2, -0.15) is 5.10 Å².